The summed E-state index contributed by atoms with van der Waals surface area (Å²) in [5, 5.41) is 10.7. The van der Waals surface area contributed by atoms with Crippen LogP contribution in [0, 0.1) is 0 Å². The molecule has 0 aliphatic heterocycles. The van der Waals surface area contributed by atoms with Crippen LogP contribution < -0.4 is 0 Å². The van der Waals surface area contributed by atoms with Gasteiger partial charge in [-0.1, -0.05) is 6.07 Å². The molecular weight excluding hydrogens is 308 g/mol. The molecule has 5 heteroatoms. The number of aliphatic carboxylic acids is 1. The molecule has 3 heterocycles. The van der Waals surface area contributed by atoms with Crippen molar-refractivity contribution in [2.24, 2.45) is 0 Å². The van der Waals surface area contributed by atoms with Crippen molar-refractivity contribution >= 4 is 46.1 Å². The molecule has 0 aromatic carbocycles. The molecule has 0 spiro atoms. The van der Waals surface area contributed by atoms with Gasteiger partial charge in [-0.05, 0) is 41.8 Å². The molecule has 3 aromatic heterocycles. The maximum absolute atomic E-state index is 10.5. The second kappa shape index (κ2) is 5.75. The summed E-state index contributed by atoms with van der Waals surface area (Å²) < 4.78 is 0. The highest BCUT2D eigenvalue weighted by Gasteiger charge is 2.07. The fraction of sp³-hybridized carbons (Fsp3) is 0. The lowest BCUT2D eigenvalue weighted by Crippen LogP contribution is -1.84. The van der Waals surface area contributed by atoms with E-state index in [4.69, 9.17) is 5.11 Å². The summed E-state index contributed by atoms with van der Waals surface area (Å²) in [6.07, 6.45) is 2.80. The maximum atomic E-state index is 10.5. The normalized spacial score (nSPS) is 11.2. The van der Waals surface area contributed by atoms with Gasteiger partial charge < -0.3 is 5.11 Å². The van der Waals surface area contributed by atoms with E-state index < -0.39 is 5.97 Å². The molecule has 0 aliphatic rings. The van der Waals surface area contributed by atoms with Gasteiger partial charge in [0.25, 0.3) is 0 Å². The van der Waals surface area contributed by atoms with Crippen molar-refractivity contribution in [3.05, 3.63) is 52.7 Å². The van der Waals surface area contributed by atoms with E-state index in [-0.39, 0.29) is 0 Å². The first-order valence-corrected chi connectivity index (χ1v) is 8.38. The molecule has 2 nitrogen and oxygen atoms in total. The average molecular weight is 318 g/mol. The minimum Gasteiger partial charge on any atom is -0.478 e. The second-order valence-electron chi connectivity index (χ2n) is 4.01. The molecule has 1 N–H and O–H groups in total. The summed E-state index contributed by atoms with van der Waals surface area (Å²) in [4.78, 5) is 16.4. The summed E-state index contributed by atoms with van der Waals surface area (Å²) >= 11 is 5.10. The summed E-state index contributed by atoms with van der Waals surface area (Å²) in [6.45, 7) is 0. The summed E-state index contributed by atoms with van der Waals surface area (Å²) in [5.74, 6) is -0.920. The molecule has 20 heavy (non-hydrogen) atoms. The van der Waals surface area contributed by atoms with Crippen LogP contribution in [0.15, 0.2) is 47.9 Å². The summed E-state index contributed by atoms with van der Waals surface area (Å²) in [7, 11) is 0. The number of carbonyl (C=O) groups is 1. The minimum absolute atomic E-state index is 0.920. The predicted octanol–water partition coefficient (Wildman–Crippen LogP) is 5.30. The lowest BCUT2D eigenvalue weighted by atomic mass is 10.3. The average Bonchev–Trinajstić information content (AvgIpc) is 3.15. The molecule has 0 unspecified atom stereocenters. The minimum atomic E-state index is -0.920. The van der Waals surface area contributed by atoms with Gasteiger partial charge in [-0.15, -0.1) is 34.0 Å². The zero-order valence-electron chi connectivity index (χ0n) is 10.3. The number of hydrogen-bond acceptors (Lipinski definition) is 4. The first-order chi connectivity index (χ1) is 9.72. The van der Waals surface area contributed by atoms with E-state index in [0.717, 1.165) is 4.88 Å². The summed E-state index contributed by atoms with van der Waals surface area (Å²) in [6, 6.07) is 12.4. The van der Waals surface area contributed by atoms with Gasteiger partial charge in [0, 0.05) is 30.5 Å². The van der Waals surface area contributed by atoms with Crippen LogP contribution >= 0.6 is 34.0 Å². The molecule has 0 aliphatic carbocycles. The fourth-order valence-electron chi connectivity index (χ4n) is 1.75. The number of carboxylic acid groups (broad SMARTS) is 1. The Balaban J connectivity index is 1.85. The lowest BCUT2D eigenvalue weighted by molar-refractivity contribution is -0.131. The number of rotatable bonds is 4. The van der Waals surface area contributed by atoms with Crippen LogP contribution in [-0.2, 0) is 4.79 Å². The molecule has 0 bridgehead atoms. The van der Waals surface area contributed by atoms with Crippen molar-refractivity contribution in [2.45, 2.75) is 0 Å². The Kier molecular flexibility index (Phi) is 3.82. The zero-order valence-corrected chi connectivity index (χ0v) is 12.7. The van der Waals surface area contributed by atoms with Crippen molar-refractivity contribution in [2.75, 3.05) is 0 Å². The Morgan fingerprint density at radius 2 is 1.65 bits per heavy atom. The summed E-state index contributed by atoms with van der Waals surface area (Å²) in [5.41, 5.74) is 0. The largest absolute Gasteiger partial charge is 0.478 e. The first-order valence-electron chi connectivity index (χ1n) is 5.87. The monoisotopic (exact) mass is 318 g/mol. The molecule has 100 valence electrons. The number of thiophene rings is 3. The molecule has 3 aromatic rings. The SMILES string of the molecule is O=C(O)/C=C/c1ccc(-c2ccc(-c3cccs3)s2)s1. The van der Waals surface area contributed by atoms with Gasteiger partial charge in [0.2, 0.25) is 0 Å². The van der Waals surface area contributed by atoms with E-state index in [2.05, 4.69) is 29.6 Å². The Morgan fingerprint density at radius 1 is 0.950 bits per heavy atom. The Bertz CT molecular complexity index is 748. The highest BCUT2D eigenvalue weighted by molar-refractivity contribution is 7.26. The lowest BCUT2D eigenvalue weighted by Gasteiger charge is -1.90. The van der Waals surface area contributed by atoms with Gasteiger partial charge >= 0.3 is 5.97 Å². The molecule has 0 saturated heterocycles. The molecule has 0 amide bonds. The topological polar surface area (TPSA) is 37.3 Å². The van der Waals surface area contributed by atoms with Crippen LogP contribution in [0.4, 0.5) is 0 Å². The van der Waals surface area contributed by atoms with Gasteiger partial charge in [0.15, 0.2) is 0 Å². The van der Waals surface area contributed by atoms with Crippen molar-refractivity contribution in [1.82, 2.24) is 0 Å². The van der Waals surface area contributed by atoms with Gasteiger partial charge in [-0.3, -0.25) is 0 Å². The van der Waals surface area contributed by atoms with Crippen LogP contribution in [0.25, 0.3) is 25.6 Å². The highest BCUT2D eigenvalue weighted by Crippen LogP contribution is 2.39. The molecular formula is C15H10O2S3. The van der Waals surface area contributed by atoms with Crippen molar-refractivity contribution in [3.63, 3.8) is 0 Å². The zero-order chi connectivity index (χ0) is 13.9. The van der Waals surface area contributed by atoms with E-state index in [1.54, 1.807) is 40.1 Å². The first kappa shape index (κ1) is 13.3. The maximum Gasteiger partial charge on any atom is 0.328 e. The fourth-order valence-corrected chi connectivity index (χ4v) is 4.59. The van der Waals surface area contributed by atoms with Gasteiger partial charge in [-0.25, -0.2) is 4.79 Å². The molecule has 0 fully saturated rings. The van der Waals surface area contributed by atoms with Crippen LogP contribution in [0.3, 0.4) is 0 Å². The molecule has 0 saturated carbocycles. The van der Waals surface area contributed by atoms with Gasteiger partial charge in [0.05, 0.1) is 0 Å². The van der Waals surface area contributed by atoms with E-state index >= 15 is 0 Å². The van der Waals surface area contributed by atoms with E-state index in [1.807, 2.05) is 12.1 Å². The second-order valence-corrected chi connectivity index (χ2v) is 7.16. The molecule has 0 radical (unpaired) electrons. The number of carboxylic acids is 1. The van der Waals surface area contributed by atoms with Gasteiger partial charge in [-0.2, -0.15) is 0 Å². The van der Waals surface area contributed by atoms with Crippen LogP contribution in [0.2, 0.25) is 0 Å². The van der Waals surface area contributed by atoms with E-state index in [9.17, 15) is 4.79 Å². The van der Waals surface area contributed by atoms with E-state index in [1.165, 1.54) is 25.6 Å². The van der Waals surface area contributed by atoms with Crippen molar-refractivity contribution in [3.8, 4) is 19.5 Å². The van der Waals surface area contributed by atoms with E-state index in [0.29, 0.717) is 0 Å². The van der Waals surface area contributed by atoms with Crippen LogP contribution in [0.1, 0.15) is 4.88 Å². The van der Waals surface area contributed by atoms with Crippen molar-refractivity contribution < 1.29 is 9.90 Å². The quantitative estimate of drug-likeness (QED) is 0.662. The highest BCUT2D eigenvalue weighted by atomic mass is 32.1. The third-order valence-electron chi connectivity index (χ3n) is 2.63. The smallest absolute Gasteiger partial charge is 0.328 e. The van der Waals surface area contributed by atoms with Crippen LogP contribution in [-0.4, -0.2) is 11.1 Å². The Labute approximate surface area is 128 Å². The Morgan fingerprint density at radius 3 is 2.35 bits per heavy atom. The van der Waals surface area contributed by atoms with Crippen LogP contribution in [0.5, 0.6) is 0 Å². The third-order valence-corrected chi connectivity index (χ3v) is 6.03. The third kappa shape index (κ3) is 2.90. The Hall–Kier alpha value is -1.69. The molecule has 0 atom stereocenters. The number of hydrogen-bond donors (Lipinski definition) is 1. The van der Waals surface area contributed by atoms with Gasteiger partial charge in [0.1, 0.15) is 0 Å². The standard InChI is InChI=1S/C15H10O2S3/c16-15(17)8-4-10-3-5-13(19-10)14-7-6-12(20-14)11-2-1-9-18-11/h1-9H,(H,16,17)/b8-4+. The molecule has 3 rings (SSSR count). The van der Waals surface area contributed by atoms with Crippen molar-refractivity contribution in [1.29, 1.82) is 0 Å². The predicted molar refractivity (Wildman–Crippen MR) is 87.6 cm³/mol.